The average molecular weight is 192 g/mol. The molecule has 0 radical (unpaired) electrons. The Morgan fingerprint density at radius 1 is 1.00 bits per heavy atom. The van der Waals surface area contributed by atoms with Crippen molar-refractivity contribution >= 4 is 5.82 Å². The van der Waals surface area contributed by atoms with E-state index in [9.17, 15) is 0 Å². The lowest BCUT2D eigenvalue weighted by Crippen LogP contribution is -2.16. The fraction of sp³-hybridized carbons (Fsp3) is 0.500. The molecule has 3 rings (SSSR count). The van der Waals surface area contributed by atoms with Crippen LogP contribution >= 0.6 is 0 Å². The summed E-state index contributed by atoms with van der Waals surface area (Å²) in [6, 6.07) is 0. The largest absolute Gasteiger partial charge is 0.383 e. The molecule has 1 aromatic heterocycles. The maximum atomic E-state index is 5.85. The van der Waals surface area contributed by atoms with Crippen LogP contribution < -0.4 is 5.73 Å². The van der Waals surface area contributed by atoms with Gasteiger partial charge in [-0.3, -0.25) is 0 Å². The summed E-state index contributed by atoms with van der Waals surface area (Å²) in [5, 5.41) is 0. The minimum absolute atomic E-state index is 0.590. The molecule has 2 N–H and O–H groups in total. The molecule has 0 aliphatic carbocycles. The van der Waals surface area contributed by atoms with Crippen LogP contribution in [0.2, 0.25) is 0 Å². The third kappa shape index (κ3) is 1.04. The zero-order valence-electron chi connectivity index (χ0n) is 7.88. The lowest BCUT2D eigenvalue weighted by atomic mass is 9.99. The Balaban J connectivity index is 2.22. The van der Waals surface area contributed by atoms with Gasteiger partial charge in [-0.25, -0.2) is 4.98 Å². The summed E-state index contributed by atoms with van der Waals surface area (Å²) in [5.41, 5.74) is 10.5. The second-order valence-electron chi connectivity index (χ2n) is 3.67. The van der Waals surface area contributed by atoms with Gasteiger partial charge in [0.2, 0.25) is 0 Å². The summed E-state index contributed by atoms with van der Waals surface area (Å²) < 4.78 is 10.8. The number of nitrogens with two attached hydrogens (primary N) is 1. The number of aromatic nitrogens is 1. The Kier molecular flexibility index (Phi) is 1.72. The number of anilines is 1. The van der Waals surface area contributed by atoms with Crippen molar-refractivity contribution in [2.75, 3.05) is 12.3 Å². The molecule has 0 unspecified atom stereocenters. The summed E-state index contributed by atoms with van der Waals surface area (Å²) in [6.07, 6.45) is 0.939. The SMILES string of the molecule is Nc1nc2c(c3c1COC3)CCOC2. The molecule has 0 atom stereocenters. The second-order valence-corrected chi connectivity index (χ2v) is 3.67. The minimum atomic E-state index is 0.590. The lowest BCUT2D eigenvalue weighted by molar-refractivity contribution is 0.106. The summed E-state index contributed by atoms with van der Waals surface area (Å²) in [4.78, 5) is 4.36. The van der Waals surface area contributed by atoms with E-state index in [1.54, 1.807) is 0 Å². The maximum absolute atomic E-state index is 5.85. The van der Waals surface area contributed by atoms with Crippen LogP contribution in [0.5, 0.6) is 0 Å². The van der Waals surface area contributed by atoms with E-state index in [0.29, 0.717) is 25.6 Å². The Morgan fingerprint density at radius 2 is 1.86 bits per heavy atom. The van der Waals surface area contributed by atoms with Gasteiger partial charge in [0, 0.05) is 5.56 Å². The molecule has 4 nitrogen and oxygen atoms in total. The van der Waals surface area contributed by atoms with Gasteiger partial charge in [-0.1, -0.05) is 0 Å². The van der Waals surface area contributed by atoms with E-state index in [0.717, 1.165) is 24.3 Å². The van der Waals surface area contributed by atoms with Crippen LogP contribution in [0, 0.1) is 0 Å². The molecular weight excluding hydrogens is 180 g/mol. The van der Waals surface area contributed by atoms with Crippen molar-refractivity contribution in [1.82, 2.24) is 4.98 Å². The highest BCUT2D eigenvalue weighted by Crippen LogP contribution is 2.31. The number of pyridine rings is 1. The Hall–Kier alpha value is -1.13. The summed E-state index contributed by atoms with van der Waals surface area (Å²) >= 11 is 0. The van der Waals surface area contributed by atoms with Crippen molar-refractivity contribution in [3.63, 3.8) is 0 Å². The summed E-state index contributed by atoms with van der Waals surface area (Å²) in [5.74, 6) is 0.613. The molecule has 4 heteroatoms. The van der Waals surface area contributed by atoms with E-state index in [2.05, 4.69) is 4.98 Å². The van der Waals surface area contributed by atoms with Crippen molar-refractivity contribution in [2.24, 2.45) is 0 Å². The van der Waals surface area contributed by atoms with Gasteiger partial charge in [-0.2, -0.15) is 0 Å². The van der Waals surface area contributed by atoms with Crippen molar-refractivity contribution < 1.29 is 9.47 Å². The highest BCUT2D eigenvalue weighted by Gasteiger charge is 2.24. The lowest BCUT2D eigenvalue weighted by Gasteiger charge is -2.19. The Bertz CT molecular complexity index is 390. The number of nitrogen functional groups attached to an aromatic ring is 1. The molecule has 14 heavy (non-hydrogen) atoms. The van der Waals surface area contributed by atoms with Gasteiger partial charge >= 0.3 is 0 Å². The predicted octanol–water partition coefficient (Wildman–Crippen LogP) is 0.767. The minimum Gasteiger partial charge on any atom is -0.383 e. The van der Waals surface area contributed by atoms with Crippen molar-refractivity contribution in [3.05, 3.63) is 22.4 Å². The van der Waals surface area contributed by atoms with Crippen molar-refractivity contribution in [2.45, 2.75) is 26.2 Å². The molecule has 0 amide bonds. The topological polar surface area (TPSA) is 57.4 Å². The van der Waals surface area contributed by atoms with Crippen molar-refractivity contribution in [3.8, 4) is 0 Å². The number of hydrogen-bond donors (Lipinski definition) is 1. The molecule has 2 aliphatic rings. The first kappa shape index (κ1) is 8.20. The molecule has 2 aliphatic heterocycles. The molecule has 0 saturated heterocycles. The number of hydrogen-bond acceptors (Lipinski definition) is 4. The second kappa shape index (κ2) is 2.93. The van der Waals surface area contributed by atoms with E-state index >= 15 is 0 Å². The first-order valence-corrected chi connectivity index (χ1v) is 4.80. The maximum Gasteiger partial charge on any atom is 0.129 e. The molecule has 0 aromatic carbocycles. The number of ether oxygens (including phenoxy) is 2. The zero-order valence-corrected chi connectivity index (χ0v) is 7.88. The average Bonchev–Trinajstić information content (AvgIpc) is 2.67. The molecule has 0 saturated carbocycles. The van der Waals surface area contributed by atoms with Crippen LogP contribution in [0.3, 0.4) is 0 Å². The highest BCUT2D eigenvalue weighted by molar-refractivity contribution is 5.51. The number of rotatable bonds is 0. The number of nitrogens with zero attached hydrogens (tertiary/aromatic N) is 1. The van der Waals surface area contributed by atoms with Gasteiger partial charge in [-0.15, -0.1) is 0 Å². The summed E-state index contributed by atoms with van der Waals surface area (Å²) in [6.45, 7) is 2.67. The Labute approximate surface area is 82.0 Å². The van der Waals surface area contributed by atoms with Gasteiger partial charge in [0.05, 0.1) is 32.1 Å². The first-order chi connectivity index (χ1) is 6.86. The van der Waals surface area contributed by atoms with Gasteiger partial charge < -0.3 is 15.2 Å². The number of fused-ring (bicyclic) bond motifs is 3. The van der Waals surface area contributed by atoms with Crippen LogP contribution in [0.1, 0.15) is 22.4 Å². The molecule has 0 spiro atoms. The zero-order chi connectivity index (χ0) is 9.54. The van der Waals surface area contributed by atoms with E-state index in [1.165, 1.54) is 11.1 Å². The predicted molar refractivity (Wildman–Crippen MR) is 50.5 cm³/mol. The quantitative estimate of drug-likeness (QED) is 0.659. The van der Waals surface area contributed by atoms with Gasteiger partial charge in [-0.05, 0) is 17.5 Å². The molecule has 3 heterocycles. The molecule has 0 fully saturated rings. The smallest absolute Gasteiger partial charge is 0.129 e. The van der Waals surface area contributed by atoms with Gasteiger partial charge in [0.25, 0.3) is 0 Å². The third-order valence-electron chi connectivity index (χ3n) is 2.87. The van der Waals surface area contributed by atoms with Crippen LogP contribution in [0.15, 0.2) is 0 Å². The molecule has 0 bridgehead atoms. The fourth-order valence-corrected chi connectivity index (χ4v) is 2.14. The molecule has 1 aromatic rings. The van der Waals surface area contributed by atoms with E-state index in [4.69, 9.17) is 15.2 Å². The van der Waals surface area contributed by atoms with Gasteiger partial charge in [0.1, 0.15) is 5.82 Å². The standard InChI is InChI=1S/C10H12N2O2/c11-10-8-4-14-3-7(8)6-1-2-13-5-9(6)12-10/h1-5H2,(H2,11,12). The van der Waals surface area contributed by atoms with E-state index < -0.39 is 0 Å². The van der Waals surface area contributed by atoms with E-state index in [1.807, 2.05) is 0 Å². The van der Waals surface area contributed by atoms with E-state index in [-0.39, 0.29) is 0 Å². The first-order valence-electron chi connectivity index (χ1n) is 4.80. The van der Waals surface area contributed by atoms with Gasteiger partial charge in [0.15, 0.2) is 0 Å². The third-order valence-corrected chi connectivity index (χ3v) is 2.87. The highest BCUT2D eigenvalue weighted by atomic mass is 16.5. The monoisotopic (exact) mass is 192 g/mol. The normalized spacial score (nSPS) is 19.1. The summed E-state index contributed by atoms with van der Waals surface area (Å²) in [7, 11) is 0. The molecular formula is C10H12N2O2. The van der Waals surface area contributed by atoms with Crippen LogP contribution in [0.25, 0.3) is 0 Å². The van der Waals surface area contributed by atoms with Crippen LogP contribution in [-0.2, 0) is 35.7 Å². The molecule has 74 valence electrons. The fourth-order valence-electron chi connectivity index (χ4n) is 2.14. The van der Waals surface area contributed by atoms with Crippen LogP contribution in [-0.4, -0.2) is 11.6 Å². The van der Waals surface area contributed by atoms with Crippen LogP contribution in [0.4, 0.5) is 5.82 Å². The van der Waals surface area contributed by atoms with Crippen molar-refractivity contribution in [1.29, 1.82) is 0 Å². The Morgan fingerprint density at radius 3 is 2.79 bits per heavy atom.